The number of hydrogen-bond donors (Lipinski definition) is 0. The van der Waals surface area contributed by atoms with E-state index >= 15 is 0 Å². The van der Waals surface area contributed by atoms with Crippen LogP contribution in [0.2, 0.25) is 0 Å². The second kappa shape index (κ2) is 25.0. The highest BCUT2D eigenvalue weighted by Crippen LogP contribution is 2.13. The smallest absolute Gasteiger partial charge is 0.0782 e. The molecule has 0 unspecified atom stereocenters. The van der Waals surface area contributed by atoms with Crippen LogP contribution in [-0.4, -0.2) is 63.3 Å². The molecule has 0 heterocycles. The first-order chi connectivity index (χ1) is 14.3. The summed E-state index contributed by atoms with van der Waals surface area (Å²) in [4.78, 5) is 0. The summed E-state index contributed by atoms with van der Waals surface area (Å²) in [5.41, 5.74) is 0. The molecular formula is C28H62Br2N2. The maximum atomic E-state index is 2.44. The number of hydrogen-bond acceptors (Lipinski definition) is 0. The Hall–Kier alpha value is 0.880. The van der Waals surface area contributed by atoms with Crippen LogP contribution in [0.25, 0.3) is 0 Å². The molecule has 0 aromatic rings. The van der Waals surface area contributed by atoms with Gasteiger partial charge in [0.2, 0.25) is 0 Å². The van der Waals surface area contributed by atoms with E-state index in [0.717, 1.165) is 0 Å². The van der Waals surface area contributed by atoms with Gasteiger partial charge in [-0.1, -0.05) is 78.1 Å². The van der Waals surface area contributed by atoms with Crippen molar-refractivity contribution >= 4 is 0 Å². The van der Waals surface area contributed by atoms with Crippen molar-refractivity contribution in [3.8, 4) is 0 Å². The lowest BCUT2D eigenvalue weighted by molar-refractivity contribution is -0.890. The van der Waals surface area contributed by atoms with Crippen molar-refractivity contribution in [1.29, 1.82) is 0 Å². The summed E-state index contributed by atoms with van der Waals surface area (Å²) < 4.78 is 2.47. The number of quaternary nitrogens is 2. The highest BCUT2D eigenvalue weighted by molar-refractivity contribution is 4.49. The van der Waals surface area contributed by atoms with Gasteiger partial charge in [-0.15, -0.1) is 0 Å². The van der Waals surface area contributed by atoms with Gasteiger partial charge in [0.15, 0.2) is 0 Å². The number of unbranched alkanes of at least 4 members (excludes halogenated alkanes) is 15. The van der Waals surface area contributed by atoms with E-state index in [1.807, 2.05) is 0 Å². The Morgan fingerprint density at radius 1 is 0.312 bits per heavy atom. The Morgan fingerprint density at radius 3 is 0.719 bits per heavy atom. The van der Waals surface area contributed by atoms with Crippen LogP contribution >= 0.6 is 0 Å². The molecule has 0 amide bonds. The lowest BCUT2D eigenvalue weighted by Gasteiger charge is -2.30. The molecule has 0 saturated carbocycles. The monoisotopic (exact) mass is 584 g/mol. The Morgan fingerprint density at radius 2 is 0.500 bits per heavy atom. The van der Waals surface area contributed by atoms with Gasteiger partial charge in [-0.2, -0.15) is 0 Å². The Bertz CT molecular complexity index is 325. The molecule has 0 rings (SSSR count). The van der Waals surface area contributed by atoms with Crippen LogP contribution in [0.3, 0.4) is 0 Å². The highest BCUT2D eigenvalue weighted by Gasteiger charge is 2.15. The minimum Gasteiger partial charge on any atom is -1.00 e. The third-order valence-electron chi connectivity index (χ3n) is 7.01. The van der Waals surface area contributed by atoms with Crippen molar-refractivity contribution in [3.05, 3.63) is 0 Å². The molecule has 2 nitrogen and oxygen atoms in total. The topological polar surface area (TPSA) is 0 Å². The number of rotatable bonds is 23. The van der Waals surface area contributed by atoms with Crippen molar-refractivity contribution in [2.75, 3.05) is 54.4 Å². The molecule has 0 atom stereocenters. The summed E-state index contributed by atoms with van der Waals surface area (Å²) in [6.07, 6.45) is 25.7. The molecule has 0 bridgehead atoms. The quantitative estimate of drug-likeness (QED) is 0.127. The summed E-state index contributed by atoms with van der Waals surface area (Å²) in [6.45, 7) is 10.1. The summed E-state index contributed by atoms with van der Waals surface area (Å²) in [5.74, 6) is 0. The fraction of sp³-hybridized carbons (Fsp3) is 1.00. The SMILES string of the molecule is CCCCCCCC[N+](C)(C)CCCCCCCC[N+](C)(C)CCCCCCCC.[Br-].[Br-]. The molecule has 0 aliphatic rings. The molecular weight excluding hydrogens is 524 g/mol. The molecule has 0 spiro atoms. The maximum Gasteiger partial charge on any atom is 0.0782 e. The van der Waals surface area contributed by atoms with Gasteiger partial charge in [0.05, 0.1) is 54.4 Å². The van der Waals surface area contributed by atoms with Crippen LogP contribution in [-0.2, 0) is 0 Å². The molecule has 0 radical (unpaired) electrons. The minimum absolute atomic E-state index is 0. The average Bonchev–Trinajstić information content (AvgIpc) is 2.69. The van der Waals surface area contributed by atoms with Crippen LogP contribution < -0.4 is 34.0 Å². The first kappa shape index (κ1) is 37.4. The molecule has 4 heteroatoms. The van der Waals surface area contributed by atoms with E-state index < -0.39 is 0 Å². The van der Waals surface area contributed by atoms with E-state index in [9.17, 15) is 0 Å². The lowest BCUT2D eigenvalue weighted by Crippen LogP contribution is -3.00. The third-order valence-corrected chi connectivity index (χ3v) is 7.01. The summed E-state index contributed by atoms with van der Waals surface area (Å²) >= 11 is 0. The van der Waals surface area contributed by atoms with Crippen molar-refractivity contribution < 1.29 is 42.9 Å². The second-order valence-corrected chi connectivity index (χ2v) is 11.4. The van der Waals surface area contributed by atoms with Crippen LogP contribution in [0, 0.1) is 0 Å². The normalized spacial score (nSPS) is 11.8. The van der Waals surface area contributed by atoms with Gasteiger partial charge >= 0.3 is 0 Å². The first-order valence-corrected chi connectivity index (χ1v) is 14.0. The molecule has 32 heavy (non-hydrogen) atoms. The van der Waals surface area contributed by atoms with Gasteiger partial charge < -0.3 is 42.9 Å². The zero-order chi connectivity index (χ0) is 22.6. The average molecular weight is 587 g/mol. The Labute approximate surface area is 226 Å². The van der Waals surface area contributed by atoms with Gasteiger partial charge in [0.25, 0.3) is 0 Å². The van der Waals surface area contributed by atoms with Crippen LogP contribution in [0.15, 0.2) is 0 Å². The summed E-state index contributed by atoms with van der Waals surface area (Å²) in [6, 6.07) is 0. The number of nitrogens with zero attached hydrogens (tertiary/aromatic N) is 2. The van der Waals surface area contributed by atoms with Crippen LogP contribution in [0.5, 0.6) is 0 Å². The molecule has 0 saturated heterocycles. The van der Waals surface area contributed by atoms with E-state index in [1.54, 1.807) is 0 Å². The minimum atomic E-state index is 0. The molecule has 0 aromatic carbocycles. The summed E-state index contributed by atoms with van der Waals surface area (Å²) in [7, 11) is 9.76. The fourth-order valence-electron chi connectivity index (χ4n) is 4.65. The van der Waals surface area contributed by atoms with E-state index in [0.29, 0.717) is 0 Å². The second-order valence-electron chi connectivity index (χ2n) is 11.4. The predicted molar refractivity (Wildman–Crippen MR) is 138 cm³/mol. The summed E-state index contributed by atoms with van der Waals surface area (Å²) in [5, 5.41) is 0. The highest BCUT2D eigenvalue weighted by atomic mass is 79.9. The van der Waals surface area contributed by atoms with Crippen molar-refractivity contribution in [2.45, 2.75) is 129 Å². The molecule has 0 aliphatic carbocycles. The van der Waals surface area contributed by atoms with Crippen molar-refractivity contribution in [2.24, 2.45) is 0 Å². The lowest BCUT2D eigenvalue weighted by atomic mass is 10.1. The van der Waals surface area contributed by atoms with E-state index in [1.165, 1.54) is 151 Å². The fourth-order valence-corrected chi connectivity index (χ4v) is 4.65. The molecule has 0 fully saturated rings. The van der Waals surface area contributed by atoms with Crippen molar-refractivity contribution in [1.82, 2.24) is 0 Å². The van der Waals surface area contributed by atoms with Gasteiger partial charge in [-0.25, -0.2) is 0 Å². The van der Waals surface area contributed by atoms with Gasteiger partial charge in [0.1, 0.15) is 0 Å². The van der Waals surface area contributed by atoms with E-state index in [-0.39, 0.29) is 34.0 Å². The van der Waals surface area contributed by atoms with Gasteiger partial charge in [0, 0.05) is 0 Å². The first-order valence-electron chi connectivity index (χ1n) is 14.0. The molecule has 0 aromatic heterocycles. The molecule has 0 N–H and O–H groups in total. The zero-order valence-electron chi connectivity index (χ0n) is 23.2. The van der Waals surface area contributed by atoms with E-state index in [4.69, 9.17) is 0 Å². The number of halogens is 2. The predicted octanol–water partition coefficient (Wildman–Crippen LogP) is 2.21. The van der Waals surface area contributed by atoms with Gasteiger partial charge in [-0.05, 0) is 51.4 Å². The largest absolute Gasteiger partial charge is 1.00 e. The van der Waals surface area contributed by atoms with E-state index in [2.05, 4.69) is 42.0 Å². The van der Waals surface area contributed by atoms with Crippen LogP contribution in [0.4, 0.5) is 0 Å². The Balaban J connectivity index is -0.00000420. The Kier molecular flexibility index (Phi) is 29.2. The zero-order valence-corrected chi connectivity index (χ0v) is 26.4. The van der Waals surface area contributed by atoms with Gasteiger partial charge in [-0.3, -0.25) is 0 Å². The third kappa shape index (κ3) is 27.1. The van der Waals surface area contributed by atoms with Crippen LogP contribution in [0.1, 0.15) is 129 Å². The molecule has 0 aliphatic heterocycles. The van der Waals surface area contributed by atoms with Crippen molar-refractivity contribution in [3.63, 3.8) is 0 Å². The standard InChI is InChI=1S/C28H62N2.2BrH/c1-7-9-11-13-17-21-25-29(3,4)27-23-19-15-16-20-24-28-30(5,6)26-22-18-14-12-10-8-2;;/h7-28H2,1-6H3;2*1H/q+2;;/p-2. The molecule has 198 valence electrons. The maximum absolute atomic E-state index is 2.44.